The number of benzene rings is 1. The van der Waals surface area contributed by atoms with Gasteiger partial charge in [0.2, 0.25) is 0 Å². The summed E-state index contributed by atoms with van der Waals surface area (Å²) in [6, 6.07) is 10.4. The molecule has 0 amide bonds. The molecule has 1 aromatic carbocycles. The van der Waals surface area contributed by atoms with Crippen molar-refractivity contribution in [3.8, 4) is 0 Å². The number of carbonyl (C=O) groups excluding carboxylic acids is 1. The summed E-state index contributed by atoms with van der Waals surface area (Å²) in [6.45, 7) is 1.63. The highest BCUT2D eigenvalue weighted by molar-refractivity contribution is 5.85. The number of methoxy groups -OCH3 is 1. The van der Waals surface area contributed by atoms with Crippen molar-refractivity contribution in [1.82, 2.24) is 4.98 Å². The standard InChI is InChI=1S/C15H15FN2O2/c1-15(14(19)20-2,11-8-12(16)10-17-9-11)18-13-6-4-3-5-7-13/h3-10,18H,1-2H3. The molecule has 0 saturated carbocycles. The predicted molar refractivity (Wildman–Crippen MR) is 73.6 cm³/mol. The fourth-order valence-corrected chi connectivity index (χ4v) is 1.94. The van der Waals surface area contributed by atoms with Crippen molar-refractivity contribution in [2.24, 2.45) is 0 Å². The first-order valence-electron chi connectivity index (χ1n) is 6.09. The average Bonchev–Trinajstić information content (AvgIpc) is 2.47. The van der Waals surface area contributed by atoms with Gasteiger partial charge in [0, 0.05) is 17.4 Å². The minimum Gasteiger partial charge on any atom is -0.467 e. The van der Waals surface area contributed by atoms with Crippen LogP contribution in [-0.4, -0.2) is 18.1 Å². The van der Waals surface area contributed by atoms with Crippen LogP contribution in [-0.2, 0) is 15.1 Å². The summed E-state index contributed by atoms with van der Waals surface area (Å²) in [5.41, 5.74) is -0.0940. The van der Waals surface area contributed by atoms with Crippen LogP contribution in [0.25, 0.3) is 0 Å². The molecule has 0 aliphatic rings. The number of nitrogens with zero attached hydrogens (tertiary/aromatic N) is 1. The van der Waals surface area contributed by atoms with E-state index in [1.54, 1.807) is 6.92 Å². The number of nitrogens with one attached hydrogen (secondary N) is 1. The van der Waals surface area contributed by atoms with Crippen LogP contribution in [0.2, 0.25) is 0 Å². The van der Waals surface area contributed by atoms with E-state index in [2.05, 4.69) is 10.3 Å². The molecule has 1 heterocycles. The summed E-state index contributed by atoms with van der Waals surface area (Å²) >= 11 is 0. The number of carbonyl (C=O) groups is 1. The molecule has 1 N–H and O–H groups in total. The Morgan fingerprint density at radius 3 is 2.60 bits per heavy atom. The van der Waals surface area contributed by atoms with E-state index in [9.17, 15) is 9.18 Å². The number of rotatable bonds is 4. The van der Waals surface area contributed by atoms with Crippen LogP contribution >= 0.6 is 0 Å². The van der Waals surface area contributed by atoms with Crippen molar-refractivity contribution in [3.05, 3.63) is 60.2 Å². The van der Waals surface area contributed by atoms with Crippen LogP contribution in [0.3, 0.4) is 0 Å². The minimum absolute atomic E-state index is 0.396. The van der Waals surface area contributed by atoms with Gasteiger partial charge in [-0.2, -0.15) is 0 Å². The lowest BCUT2D eigenvalue weighted by atomic mass is 9.93. The topological polar surface area (TPSA) is 51.2 Å². The number of esters is 1. The van der Waals surface area contributed by atoms with E-state index in [1.807, 2.05) is 30.3 Å². The molecule has 1 unspecified atom stereocenters. The van der Waals surface area contributed by atoms with E-state index >= 15 is 0 Å². The normalized spacial score (nSPS) is 13.3. The summed E-state index contributed by atoms with van der Waals surface area (Å²) in [7, 11) is 1.29. The number of ether oxygens (including phenoxy) is 1. The first kappa shape index (κ1) is 14.0. The Morgan fingerprint density at radius 1 is 1.30 bits per heavy atom. The lowest BCUT2D eigenvalue weighted by Crippen LogP contribution is -2.41. The number of para-hydroxylation sites is 1. The van der Waals surface area contributed by atoms with Crippen LogP contribution in [0.15, 0.2) is 48.8 Å². The first-order chi connectivity index (χ1) is 9.56. The van der Waals surface area contributed by atoms with E-state index in [0.717, 1.165) is 11.9 Å². The van der Waals surface area contributed by atoms with Crippen molar-refractivity contribution in [2.45, 2.75) is 12.5 Å². The van der Waals surface area contributed by atoms with Crippen LogP contribution in [0.5, 0.6) is 0 Å². The molecule has 2 rings (SSSR count). The number of anilines is 1. The monoisotopic (exact) mass is 274 g/mol. The molecular formula is C15H15FN2O2. The number of aromatic nitrogens is 1. The molecule has 1 aromatic heterocycles. The van der Waals surface area contributed by atoms with Gasteiger partial charge in [0.25, 0.3) is 0 Å². The van der Waals surface area contributed by atoms with E-state index in [4.69, 9.17) is 4.74 Å². The highest BCUT2D eigenvalue weighted by atomic mass is 19.1. The third-order valence-corrected chi connectivity index (χ3v) is 3.04. The lowest BCUT2D eigenvalue weighted by molar-refractivity contribution is -0.145. The summed E-state index contributed by atoms with van der Waals surface area (Å²) in [4.78, 5) is 15.9. The summed E-state index contributed by atoms with van der Waals surface area (Å²) in [6.07, 6.45) is 2.53. The van der Waals surface area contributed by atoms with Crippen molar-refractivity contribution >= 4 is 11.7 Å². The number of hydrogen-bond acceptors (Lipinski definition) is 4. The van der Waals surface area contributed by atoms with Crippen LogP contribution < -0.4 is 5.32 Å². The fourth-order valence-electron chi connectivity index (χ4n) is 1.94. The average molecular weight is 274 g/mol. The van der Waals surface area contributed by atoms with E-state index < -0.39 is 17.3 Å². The highest BCUT2D eigenvalue weighted by Crippen LogP contribution is 2.27. The lowest BCUT2D eigenvalue weighted by Gasteiger charge is -2.29. The van der Waals surface area contributed by atoms with Gasteiger partial charge in [-0.25, -0.2) is 9.18 Å². The molecule has 20 heavy (non-hydrogen) atoms. The molecule has 4 nitrogen and oxygen atoms in total. The Kier molecular flexibility index (Phi) is 3.98. The molecule has 0 aliphatic carbocycles. The Balaban J connectivity index is 2.43. The van der Waals surface area contributed by atoms with Gasteiger partial charge in [-0.15, -0.1) is 0 Å². The maximum Gasteiger partial charge on any atom is 0.335 e. The molecular weight excluding hydrogens is 259 g/mol. The molecule has 0 aliphatic heterocycles. The molecule has 0 bridgehead atoms. The van der Waals surface area contributed by atoms with Crippen molar-refractivity contribution < 1.29 is 13.9 Å². The van der Waals surface area contributed by atoms with Gasteiger partial charge in [-0.05, 0) is 25.1 Å². The van der Waals surface area contributed by atoms with Crippen LogP contribution in [0.1, 0.15) is 12.5 Å². The second-order valence-corrected chi connectivity index (χ2v) is 4.50. The number of hydrogen-bond donors (Lipinski definition) is 1. The van der Waals surface area contributed by atoms with Gasteiger partial charge >= 0.3 is 5.97 Å². The van der Waals surface area contributed by atoms with Gasteiger partial charge in [-0.3, -0.25) is 4.98 Å². The Labute approximate surface area is 116 Å². The molecule has 2 aromatic rings. The van der Waals surface area contributed by atoms with Gasteiger partial charge in [-0.1, -0.05) is 18.2 Å². The highest BCUT2D eigenvalue weighted by Gasteiger charge is 2.37. The molecule has 0 fully saturated rings. The van der Waals surface area contributed by atoms with Crippen molar-refractivity contribution in [3.63, 3.8) is 0 Å². The molecule has 0 spiro atoms. The Hall–Kier alpha value is -2.43. The summed E-state index contributed by atoms with van der Waals surface area (Å²) < 4.78 is 18.2. The Bertz CT molecular complexity index is 604. The van der Waals surface area contributed by atoms with Gasteiger partial charge < -0.3 is 10.1 Å². The molecule has 1 atom stereocenters. The van der Waals surface area contributed by atoms with Crippen LogP contribution in [0.4, 0.5) is 10.1 Å². The zero-order valence-electron chi connectivity index (χ0n) is 11.3. The zero-order valence-corrected chi connectivity index (χ0v) is 11.3. The van der Waals surface area contributed by atoms with Gasteiger partial charge in [0.05, 0.1) is 13.3 Å². The third-order valence-electron chi connectivity index (χ3n) is 3.04. The molecule has 104 valence electrons. The van der Waals surface area contributed by atoms with Crippen molar-refractivity contribution in [2.75, 3.05) is 12.4 Å². The second-order valence-electron chi connectivity index (χ2n) is 4.50. The van der Waals surface area contributed by atoms with Gasteiger partial charge in [0.1, 0.15) is 5.82 Å². The third kappa shape index (κ3) is 2.77. The second kappa shape index (κ2) is 5.69. The Morgan fingerprint density at radius 2 is 2.00 bits per heavy atom. The summed E-state index contributed by atoms with van der Waals surface area (Å²) in [5.74, 6) is -1.03. The molecule has 0 radical (unpaired) electrons. The van der Waals surface area contributed by atoms with Crippen LogP contribution in [0, 0.1) is 5.82 Å². The largest absolute Gasteiger partial charge is 0.467 e. The SMILES string of the molecule is COC(=O)C(C)(Nc1ccccc1)c1cncc(F)c1. The van der Waals surface area contributed by atoms with E-state index in [-0.39, 0.29) is 0 Å². The number of pyridine rings is 1. The minimum atomic E-state index is -1.22. The quantitative estimate of drug-likeness (QED) is 0.871. The molecule has 5 heteroatoms. The zero-order chi connectivity index (χ0) is 14.6. The summed E-state index contributed by atoms with van der Waals surface area (Å²) in [5, 5.41) is 3.07. The number of halogens is 1. The fraction of sp³-hybridized carbons (Fsp3) is 0.200. The van der Waals surface area contributed by atoms with Gasteiger partial charge in [0.15, 0.2) is 5.54 Å². The van der Waals surface area contributed by atoms with Crippen molar-refractivity contribution in [1.29, 1.82) is 0 Å². The molecule has 0 saturated heterocycles. The van der Waals surface area contributed by atoms with E-state index in [1.165, 1.54) is 19.4 Å². The predicted octanol–water partition coefficient (Wildman–Crippen LogP) is 2.72. The maximum absolute atomic E-state index is 13.4. The smallest absolute Gasteiger partial charge is 0.335 e. The first-order valence-corrected chi connectivity index (χ1v) is 6.09. The van der Waals surface area contributed by atoms with E-state index in [0.29, 0.717) is 5.56 Å². The maximum atomic E-state index is 13.4.